The summed E-state index contributed by atoms with van der Waals surface area (Å²) >= 11 is 0. The summed E-state index contributed by atoms with van der Waals surface area (Å²) in [5, 5.41) is 9.86. The molecule has 184 valence electrons. The fourth-order valence-electron chi connectivity index (χ4n) is 3.75. The van der Waals surface area contributed by atoms with Crippen molar-refractivity contribution in [1.82, 2.24) is 19.9 Å². The summed E-state index contributed by atoms with van der Waals surface area (Å²) in [6.07, 6.45) is 0. The molecule has 0 aliphatic carbocycles. The molecule has 0 saturated heterocycles. The Kier molecular flexibility index (Phi) is 7.17. The minimum absolute atomic E-state index is 0.0973. The summed E-state index contributed by atoms with van der Waals surface area (Å²) < 4.78 is 33.0. The molecule has 0 fully saturated rings. The number of hydrogen-bond acceptors (Lipinski definition) is 6. The molecule has 4 rings (SSSR count). The molecule has 0 radical (unpaired) electrons. The lowest BCUT2D eigenvalue weighted by atomic mass is 9.99. The van der Waals surface area contributed by atoms with E-state index in [1.807, 2.05) is 27.7 Å². The maximum Gasteiger partial charge on any atom is 0.325 e. The summed E-state index contributed by atoms with van der Waals surface area (Å²) in [6.45, 7) is 15.2. The van der Waals surface area contributed by atoms with Crippen LogP contribution in [0.25, 0.3) is 27.4 Å². The highest BCUT2D eigenvalue weighted by molar-refractivity contribution is 5.77. The first-order chi connectivity index (χ1) is 17.7. The average molecular weight is 497 g/mol. The van der Waals surface area contributed by atoms with Gasteiger partial charge in [0.2, 0.25) is 5.69 Å². The highest BCUT2D eigenvalue weighted by Crippen LogP contribution is 2.37. The number of nitriles is 1. The predicted octanol–water partition coefficient (Wildman–Crippen LogP) is 7.34. The summed E-state index contributed by atoms with van der Waals surface area (Å²) in [7, 11) is 0. The largest absolute Gasteiger partial charge is 0.389 e. The second kappa shape index (κ2) is 10.5. The van der Waals surface area contributed by atoms with Crippen LogP contribution in [-0.4, -0.2) is 19.9 Å². The van der Waals surface area contributed by atoms with Crippen LogP contribution in [0.5, 0.6) is 12.0 Å². The Morgan fingerprint density at radius 2 is 1.22 bits per heavy atom. The van der Waals surface area contributed by atoms with Gasteiger partial charge in [0, 0.05) is 5.56 Å². The first-order valence-electron chi connectivity index (χ1n) is 11.5. The summed E-state index contributed by atoms with van der Waals surface area (Å²) in [6, 6.07) is 13.2. The van der Waals surface area contributed by atoms with E-state index in [4.69, 9.17) is 11.3 Å². The van der Waals surface area contributed by atoms with E-state index in [9.17, 15) is 14.0 Å². The van der Waals surface area contributed by atoms with E-state index in [1.165, 1.54) is 48.5 Å². The topological polar surface area (TPSA) is 88.9 Å². The first-order valence-corrected chi connectivity index (χ1v) is 11.5. The number of hydrogen-bond donors (Lipinski definition) is 0. The maximum atomic E-state index is 13.5. The molecular formula is C28H22F2N6O. The number of halogens is 2. The third-order valence-electron chi connectivity index (χ3n) is 5.54. The van der Waals surface area contributed by atoms with Gasteiger partial charge in [0.1, 0.15) is 23.3 Å². The van der Waals surface area contributed by atoms with E-state index in [1.54, 1.807) is 0 Å². The predicted molar refractivity (Wildman–Crippen MR) is 134 cm³/mol. The molecule has 0 unspecified atom stereocenters. The molecule has 0 aliphatic heterocycles. The molecule has 7 nitrogen and oxygen atoms in total. The van der Waals surface area contributed by atoms with Crippen molar-refractivity contribution in [3.63, 3.8) is 0 Å². The van der Waals surface area contributed by atoms with Crippen LogP contribution in [0.4, 0.5) is 14.5 Å². The average Bonchev–Trinajstić information content (AvgIpc) is 2.88. The second-order valence-electron chi connectivity index (χ2n) is 8.85. The van der Waals surface area contributed by atoms with Crippen LogP contribution in [0.2, 0.25) is 0 Å². The highest BCUT2D eigenvalue weighted by Gasteiger charge is 2.23. The third-order valence-corrected chi connectivity index (χ3v) is 5.54. The van der Waals surface area contributed by atoms with Gasteiger partial charge in [0.15, 0.2) is 0 Å². The Balaban J connectivity index is 1.89. The van der Waals surface area contributed by atoms with Gasteiger partial charge in [-0.2, -0.15) is 15.2 Å². The van der Waals surface area contributed by atoms with Gasteiger partial charge in [-0.25, -0.2) is 23.6 Å². The van der Waals surface area contributed by atoms with E-state index < -0.39 is 11.6 Å². The lowest BCUT2D eigenvalue weighted by Crippen LogP contribution is -2.07. The third kappa shape index (κ3) is 5.26. The Morgan fingerprint density at radius 1 is 0.757 bits per heavy atom. The van der Waals surface area contributed by atoms with Gasteiger partial charge in [0.05, 0.1) is 29.3 Å². The van der Waals surface area contributed by atoms with Crippen molar-refractivity contribution in [2.45, 2.75) is 39.5 Å². The van der Waals surface area contributed by atoms with Crippen LogP contribution in [0.1, 0.15) is 56.5 Å². The summed E-state index contributed by atoms with van der Waals surface area (Å²) in [5.74, 6) is -1.12. The summed E-state index contributed by atoms with van der Waals surface area (Å²) in [5.41, 5.74) is 3.03. The van der Waals surface area contributed by atoms with E-state index in [0.717, 1.165) is 0 Å². The van der Waals surface area contributed by atoms with Gasteiger partial charge in [0.25, 0.3) is 0 Å². The molecule has 0 N–H and O–H groups in total. The minimum atomic E-state index is -0.417. The molecule has 0 saturated carbocycles. The van der Waals surface area contributed by atoms with Gasteiger partial charge >= 0.3 is 12.0 Å². The molecule has 0 amide bonds. The molecule has 2 aromatic heterocycles. The van der Waals surface area contributed by atoms with Crippen LogP contribution in [0.3, 0.4) is 0 Å². The molecular weight excluding hydrogens is 474 g/mol. The molecule has 0 bridgehead atoms. The molecule has 2 heterocycles. The van der Waals surface area contributed by atoms with Crippen LogP contribution in [-0.2, 0) is 0 Å². The zero-order valence-corrected chi connectivity index (χ0v) is 20.6. The first kappa shape index (κ1) is 25.3. The number of nitrogens with zero attached hydrogens (tertiary/aromatic N) is 6. The van der Waals surface area contributed by atoms with Gasteiger partial charge in [-0.05, 0) is 53.8 Å². The smallest absolute Gasteiger partial charge is 0.325 e. The lowest BCUT2D eigenvalue weighted by Gasteiger charge is -2.15. The van der Waals surface area contributed by atoms with Crippen LogP contribution in [0, 0.1) is 29.5 Å². The molecule has 0 spiro atoms. The SMILES string of the molecule is [C-]#[N+]c1c(-c2ccc(F)cc2)nc(Oc2nc(-c3ccc(F)cc3)c(C#N)c(C(C)C)n2)nc1C(C)C. The van der Waals surface area contributed by atoms with Crippen LogP contribution in [0.15, 0.2) is 48.5 Å². The van der Waals surface area contributed by atoms with Crippen molar-refractivity contribution < 1.29 is 13.5 Å². The maximum absolute atomic E-state index is 13.5. The van der Waals surface area contributed by atoms with E-state index in [-0.39, 0.29) is 40.8 Å². The Hall–Kier alpha value is -4.76. The molecule has 37 heavy (non-hydrogen) atoms. The zero-order chi connectivity index (χ0) is 26.7. The van der Waals surface area contributed by atoms with Crippen LogP contribution >= 0.6 is 0 Å². The highest BCUT2D eigenvalue weighted by atomic mass is 19.1. The number of aromatic nitrogens is 4. The van der Waals surface area contributed by atoms with Crippen molar-refractivity contribution in [1.29, 1.82) is 5.26 Å². The fourth-order valence-corrected chi connectivity index (χ4v) is 3.75. The molecule has 4 aromatic rings. The normalized spacial score (nSPS) is 10.9. The standard InChI is InChI=1S/C28H22F2N6O/c1-15(2)22-21(14-31)24(17-6-10-19(29)11-7-17)35-27(33-22)37-28-34-23(16(3)4)26(32-5)25(36-28)18-8-12-20(30)13-9-18/h6-13,15-16H,1-4H3. The number of benzene rings is 2. The molecule has 2 aromatic carbocycles. The van der Waals surface area contributed by atoms with Crippen molar-refractivity contribution in [2.75, 3.05) is 0 Å². The fraction of sp³-hybridized carbons (Fsp3) is 0.214. The Labute approximate surface area is 213 Å². The Morgan fingerprint density at radius 3 is 1.68 bits per heavy atom. The number of ether oxygens (including phenoxy) is 1. The Bertz CT molecular complexity index is 1420. The van der Waals surface area contributed by atoms with Crippen molar-refractivity contribution in [3.05, 3.63) is 88.5 Å². The zero-order valence-electron chi connectivity index (χ0n) is 20.6. The van der Waals surface area contributed by atoms with Crippen molar-refractivity contribution in [2.24, 2.45) is 0 Å². The van der Waals surface area contributed by atoms with E-state index in [2.05, 4.69) is 30.9 Å². The second-order valence-corrected chi connectivity index (χ2v) is 8.85. The quantitative estimate of drug-likeness (QED) is 0.260. The van der Waals surface area contributed by atoms with Gasteiger partial charge in [-0.15, -0.1) is 0 Å². The van der Waals surface area contributed by atoms with E-state index in [0.29, 0.717) is 28.2 Å². The number of rotatable bonds is 6. The van der Waals surface area contributed by atoms with E-state index >= 15 is 0 Å². The van der Waals surface area contributed by atoms with Crippen molar-refractivity contribution >= 4 is 5.69 Å². The van der Waals surface area contributed by atoms with Crippen LogP contribution < -0.4 is 4.74 Å². The molecule has 0 aliphatic rings. The lowest BCUT2D eigenvalue weighted by molar-refractivity contribution is 0.402. The molecule has 0 atom stereocenters. The van der Waals surface area contributed by atoms with Crippen molar-refractivity contribution in [3.8, 4) is 40.6 Å². The minimum Gasteiger partial charge on any atom is -0.389 e. The van der Waals surface area contributed by atoms with Gasteiger partial charge < -0.3 is 4.74 Å². The monoisotopic (exact) mass is 496 g/mol. The van der Waals surface area contributed by atoms with Gasteiger partial charge in [-0.1, -0.05) is 39.8 Å². The molecule has 9 heteroatoms. The summed E-state index contributed by atoms with van der Waals surface area (Å²) in [4.78, 5) is 21.4. The van der Waals surface area contributed by atoms with Gasteiger partial charge in [-0.3, -0.25) is 0 Å².